The van der Waals surface area contributed by atoms with Gasteiger partial charge in [-0.3, -0.25) is 0 Å². The monoisotopic (exact) mass is 525 g/mol. The van der Waals surface area contributed by atoms with Gasteiger partial charge in [-0.15, -0.1) is 0 Å². The first-order valence-corrected chi connectivity index (χ1v) is 14.0. The molecule has 8 aromatic rings. The van der Waals surface area contributed by atoms with Gasteiger partial charge in [0.05, 0.1) is 11.4 Å². The fraction of sp³-hybridized carbons (Fsp3) is 0.0256. The molecule has 1 heterocycles. The zero-order valence-corrected chi connectivity index (χ0v) is 22.7. The van der Waals surface area contributed by atoms with E-state index in [1.807, 2.05) is 12.1 Å². The summed E-state index contributed by atoms with van der Waals surface area (Å²) in [7, 11) is 0. The molecule has 0 saturated heterocycles. The predicted molar refractivity (Wildman–Crippen MR) is 174 cm³/mol. The van der Waals surface area contributed by atoms with Gasteiger partial charge in [0.25, 0.3) is 0 Å². The summed E-state index contributed by atoms with van der Waals surface area (Å²) in [6, 6.07) is 51.9. The van der Waals surface area contributed by atoms with Gasteiger partial charge < -0.3 is 9.32 Å². The quantitative estimate of drug-likeness (QED) is 0.212. The number of anilines is 3. The van der Waals surface area contributed by atoms with Crippen molar-refractivity contribution in [1.82, 2.24) is 0 Å². The van der Waals surface area contributed by atoms with E-state index in [2.05, 4.69) is 145 Å². The van der Waals surface area contributed by atoms with Crippen LogP contribution in [0.5, 0.6) is 0 Å². The molecule has 0 aliphatic heterocycles. The highest BCUT2D eigenvalue weighted by atomic mass is 16.3. The Balaban J connectivity index is 1.44. The van der Waals surface area contributed by atoms with Crippen LogP contribution in [0.1, 0.15) is 5.56 Å². The van der Waals surface area contributed by atoms with Crippen molar-refractivity contribution in [3.05, 3.63) is 151 Å². The molecule has 8 rings (SSSR count). The summed E-state index contributed by atoms with van der Waals surface area (Å²) in [5.74, 6) is 0.911. The van der Waals surface area contributed by atoms with Crippen LogP contribution in [-0.2, 0) is 0 Å². The lowest BCUT2D eigenvalue weighted by Gasteiger charge is -2.29. The van der Waals surface area contributed by atoms with Crippen LogP contribution in [0.25, 0.3) is 54.6 Å². The van der Waals surface area contributed by atoms with Crippen LogP contribution in [0, 0.1) is 6.92 Å². The van der Waals surface area contributed by atoms with Crippen molar-refractivity contribution in [2.24, 2.45) is 0 Å². The Morgan fingerprint density at radius 1 is 0.463 bits per heavy atom. The third-order valence-electron chi connectivity index (χ3n) is 8.20. The van der Waals surface area contributed by atoms with Gasteiger partial charge in [0, 0.05) is 33.0 Å². The Kier molecular flexibility index (Phi) is 5.39. The predicted octanol–water partition coefficient (Wildman–Crippen LogP) is 11.3. The zero-order valence-electron chi connectivity index (χ0n) is 22.7. The second-order valence-corrected chi connectivity index (χ2v) is 10.6. The molecule has 0 bridgehead atoms. The number of rotatable bonds is 4. The highest BCUT2D eigenvalue weighted by Crippen LogP contribution is 2.45. The topological polar surface area (TPSA) is 16.4 Å². The van der Waals surface area contributed by atoms with Crippen LogP contribution in [0.2, 0.25) is 0 Å². The molecule has 7 aromatic carbocycles. The van der Waals surface area contributed by atoms with Crippen LogP contribution >= 0.6 is 0 Å². The number of hydrogen-bond acceptors (Lipinski definition) is 2. The average molecular weight is 526 g/mol. The Labute approximate surface area is 238 Å². The minimum Gasteiger partial charge on any atom is -0.456 e. The Hall–Kier alpha value is -5.34. The third kappa shape index (κ3) is 3.80. The minimum absolute atomic E-state index is 0.911. The number of aryl methyl sites for hydroxylation is 1. The average Bonchev–Trinajstić information content (AvgIpc) is 3.38. The van der Waals surface area contributed by atoms with E-state index >= 15 is 0 Å². The highest BCUT2D eigenvalue weighted by molar-refractivity contribution is 6.15. The molecular formula is C39H27NO. The molecule has 0 amide bonds. The molecule has 194 valence electrons. The SMILES string of the molecule is Cc1c(-c2cccc(N(c3cccc4ccccc34)c3cc4ccccc4c4ccccc34)c2)oc2ccccc12. The van der Waals surface area contributed by atoms with E-state index in [9.17, 15) is 0 Å². The van der Waals surface area contributed by atoms with Crippen molar-refractivity contribution in [3.63, 3.8) is 0 Å². The van der Waals surface area contributed by atoms with Crippen molar-refractivity contribution in [2.45, 2.75) is 6.92 Å². The van der Waals surface area contributed by atoms with Gasteiger partial charge in [-0.25, -0.2) is 0 Å². The van der Waals surface area contributed by atoms with Crippen molar-refractivity contribution < 1.29 is 4.42 Å². The van der Waals surface area contributed by atoms with E-state index < -0.39 is 0 Å². The molecule has 0 aliphatic carbocycles. The summed E-state index contributed by atoms with van der Waals surface area (Å²) in [6.45, 7) is 2.15. The van der Waals surface area contributed by atoms with Crippen LogP contribution in [0.15, 0.2) is 150 Å². The Morgan fingerprint density at radius 2 is 1.10 bits per heavy atom. The molecule has 0 spiro atoms. The summed E-state index contributed by atoms with van der Waals surface area (Å²) in [5.41, 5.74) is 6.50. The molecular weight excluding hydrogens is 498 g/mol. The fourth-order valence-corrected chi connectivity index (χ4v) is 6.27. The van der Waals surface area contributed by atoms with Gasteiger partial charge in [-0.05, 0) is 58.8 Å². The lowest BCUT2D eigenvalue weighted by Crippen LogP contribution is -2.11. The van der Waals surface area contributed by atoms with Gasteiger partial charge in [0.15, 0.2) is 0 Å². The zero-order chi connectivity index (χ0) is 27.3. The highest BCUT2D eigenvalue weighted by Gasteiger charge is 2.20. The van der Waals surface area contributed by atoms with E-state index in [1.54, 1.807) is 0 Å². The van der Waals surface area contributed by atoms with E-state index in [-0.39, 0.29) is 0 Å². The maximum atomic E-state index is 6.41. The van der Waals surface area contributed by atoms with Crippen LogP contribution in [0.4, 0.5) is 17.1 Å². The maximum absolute atomic E-state index is 6.41. The summed E-state index contributed by atoms with van der Waals surface area (Å²) >= 11 is 0. The summed E-state index contributed by atoms with van der Waals surface area (Å²) < 4.78 is 6.41. The van der Waals surface area contributed by atoms with E-state index in [0.29, 0.717) is 0 Å². The number of nitrogens with zero attached hydrogens (tertiary/aromatic N) is 1. The standard InChI is InChI=1S/C39H27NO/c1-26-31-17-8-9-23-38(31)41-39(26)29-15-10-16-30(24-29)40(36-22-11-14-27-12-2-5-19-33(27)36)37-25-28-13-3-4-18-32(28)34-20-6-7-21-35(34)37/h2-25H,1H3. The second kappa shape index (κ2) is 9.39. The number of para-hydroxylation sites is 1. The Bertz CT molecular complexity index is 2230. The van der Waals surface area contributed by atoms with Gasteiger partial charge in [-0.2, -0.15) is 0 Å². The first-order valence-electron chi connectivity index (χ1n) is 14.0. The molecule has 2 heteroatoms. The molecule has 1 aromatic heterocycles. The van der Waals surface area contributed by atoms with Crippen LogP contribution in [0.3, 0.4) is 0 Å². The Morgan fingerprint density at radius 3 is 1.93 bits per heavy atom. The van der Waals surface area contributed by atoms with Crippen molar-refractivity contribution in [1.29, 1.82) is 0 Å². The lowest BCUT2D eigenvalue weighted by molar-refractivity contribution is 0.629. The fourth-order valence-electron chi connectivity index (χ4n) is 6.27. The molecule has 41 heavy (non-hydrogen) atoms. The normalized spacial score (nSPS) is 11.5. The van der Waals surface area contributed by atoms with Crippen molar-refractivity contribution in [2.75, 3.05) is 4.90 Å². The summed E-state index contributed by atoms with van der Waals surface area (Å²) in [5, 5.41) is 8.51. The van der Waals surface area contributed by atoms with Gasteiger partial charge >= 0.3 is 0 Å². The largest absolute Gasteiger partial charge is 0.456 e. The molecule has 0 aliphatic rings. The number of benzene rings is 7. The van der Waals surface area contributed by atoms with Gasteiger partial charge in [-0.1, -0.05) is 115 Å². The van der Waals surface area contributed by atoms with E-state index in [1.165, 1.54) is 32.3 Å². The van der Waals surface area contributed by atoms with Crippen LogP contribution in [-0.4, -0.2) is 0 Å². The number of furan rings is 1. The second-order valence-electron chi connectivity index (χ2n) is 10.6. The van der Waals surface area contributed by atoms with Crippen molar-refractivity contribution >= 4 is 60.3 Å². The lowest BCUT2D eigenvalue weighted by atomic mass is 9.98. The molecule has 0 N–H and O–H groups in total. The van der Waals surface area contributed by atoms with E-state index in [0.717, 1.165) is 44.9 Å². The van der Waals surface area contributed by atoms with E-state index in [4.69, 9.17) is 4.42 Å². The molecule has 0 unspecified atom stereocenters. The first kappa shape index (κ1) is 23.5. The number of fused-ring (bicyclic) bond motifs is 5. The van der Waals surface area contributed by atoms with Gasteiger partial charge in [0.1, 0.15) is 11.3 Å². The number of hydrogen-bond donors (Lipinski definition) is 0. The smallest absolute Gasteiger partial charge is 0.138 e. The molecule has 0 fully saturated rings. The summed E-state index contributed by atoms with van der Waals surface area (Å²) in [6.07, 6.45) is 0. The molecule has 2 nitrogen and oxygen atoms in total. The van der Waals surface area contributed by atoms with Crippen molar-refractivity contribution in [3.8, 4) is 11.3 Å². The first-order chi connectivity index (χ1) is 20.3. The van der Waals surface area contributed by atoms with Gasteiger partial charge in [0.2, 0.25) is 0 Å². The van der Waals surface area contributed by atoms with Crippen LogP contribution < -0.4 is 4.90 Å². The maximum Gasteiger partial charge on any atom is 0.138 e. The summed E-state index contributed by atoms with van der Waals surface area (Å²) in [4.78, 5) is 2.42. The molecule has 0 saturated carbocycles. The molecule has 0 atom stereocenters. The third-order valence-corrected chi connectivity index (χ3v) is 8.20. The molecule has 0 radical (unpaired) electrons. The minimum atomic E-state index is 0.911.